The highest BCUT2D eigenvalue weighted by Gasteiger charge is 2.44. The molecule has 1 aliphatic rings. The van der Waals surface area contributed by atoms with Gasteiger partial charge in [-0.05, 0) is 90.0 Å². The fourth-order valence-corrected chi connectivity index (χ4v) is 11.1. The summed E-state index contributed by atoms with van der Waals surface area (Å²) >= 11 is 0. The Hall–Kier alpha value is -7.23. The molecular formula is C63H78N7O9P. The van der Waals surface area contributed by atoms with Gasteiger partial charge in [0.05, 0.1) is 44.4 Å². The lowest BCUT2D eigenvalue weighted by Crippen LogP contribution is -2.57. The lowest BCUT2D eigenvalue weighted by Gasteiger charge is -2.37. The van der Waals surface area contributed by atoms with Gasteiger partial charge in [0.2, 0.25) is 11.8 Å². The molecule has 1 aliphatic heterocycles. The van der Waals surface area contributed by atoms with Crippen LogP contribution >= 0.6 is 7.82 Å². The number of phosphoric acid groups is 1. The molecule has 0 saturated carbocycles. The highest BCUT2D eigenvalue weighted by atomic mass is 31.2. The smallest absolute Gasteiger partial charge is 0.453 e. The normalized spacial score (nSPS) is 14.9. The van der Waals surface area contributed by atoms with Crippen molar-refractivity contribution in [2.75, 3.05) is 20.2 Å². The van der Waals surface area contributed by atoms with Crippen molar-refractivity contribution in [1.29, 1.82) is 0 Å². The van der Waals surface area contributed by atoms with Crippen LogP contribution in [-0.2, 0) is 71.5 Å². The van der Waals surface area contributed by atoms with E-state index in [-0.39, 0.29) is 50.1 Å². The highest BCUT2D eigenvalue weighted by Crippen LogP contribution is 2.52. The maximum absolute atomic E-state index is 14.9. The molecule has 16 nitrogen and oxygen atoms in total. The standard InChI is InChI=1S/C63H78N7O9P/c1-45(79-80(75,77-43-48-23-14-10-15-24-48)78-44-49-25-16-11-17-26-49)39-51-27-20-28-54(65-51)42-69-37-38-70(61(69)74)57(63(5,6)7)59(72)67-53(40-46-21-12-9-13-22-46)35-34-52(66-58(71)56(62(2,3)4)68-60(73)76-8)41-47-30-32-50(33-31-47)55-29-18-19-36-64-55/h9-33,36,45,52-53,56-57H,34-35,37-44H2,1-8H3,(H,66,71)(H,67,72)(H,68,73)/t45?,52-,53+,56-,57-/m1/s1. The lowest BCUT2D eigenvalue weighted by atomic mass is 9.84. The Labute approximate surface area is 472 Å². The Balaban J connectivity index is 1.04. The molecule has 4 aromatic carbocycles. The summed E-state index contributed by atoms with van der Waals surface area (Å²) in [6.07, 6.45) is 2.63. The Morgan fingerprint density at radius 2 is 1.15 bits per heavy atom. The number of aromatic nitrogens is 2. The van der Waals surface area contributed by atoms with Gasteiger partial charge in [0.25, 0.3) is 0 Å². The predicted molar refractivity (Wildman–Crippen MR) is 310 cm³/mol. The summed E-state index contributed by atoms with van der Waals surface area (Å²) in [5.41, 5.74) is 5.46. The van der Waals surface area contributed by atoms with Crippen LogP contribution in [-0.4, -0.2) is 94.2 Å². The van der Waals surface area contributed by atoms with E-state index in [4.69, 9.17) is 23.3 Å². The summed E-state index contributed by atoms with van der Waals surface area (Å²) in [6.45, 7) is 14.3. The minimum absolute atomic E-state index is 0.0326. The zero-order chi connectivity index (χ0) is 57.3. The fourth-order valence-electron chi connectivity index (χ4n) is 9.82. The first-order valence-electron chi connectivity index (χ1n) is 27.4. The average molecular weight is 1110 g/mol. The third-order valence-corrected chi connectivity index (χ3v) is 15.4. The molecule has 0 aliphatic carbocycles. The van der Waals surface area contributed by atoms with E-state index in [1.165, 1.54) is 7.11 Å². The van der Waals surface area contributed by atoms with E-state index < -0.39 is 49.0 Å². The molecular weight excluding hydrogens is 1030 g/mol. The number of hydrogen-bond acceptors (Lipinski definition) is 11. The fraction of sp³-hybridized carbons (Fsp3) is 0.397. The minimum Gasteiger partial charge on any atom is -0.453 e. The number of nitrogens with one attached hydrogen (secondary N) is 3. The first-order valence-corrected chi connectivity index (χ1v) is 28.9. The molecule has 0 bridgehead atoms. The van der Waals surface area contributed by atoms with Crippen LogP contribution in [0.1, 0.15) is 94.9 Å². The number of rotatable bonds is 26. The van der Waals surface area contributed by atoms with E-state index in [1.54, 1.807) is 22.9 Å². The van der Waals surface area contributed by atoms with Crippen molar-refractivity contribution < 1.29 is 42.1 Å². The molecule has 7 rings (SSSR count). The van der Waals surface area contributed by atoms with Gasteiger partial charge in [0.1, 0.15) is 12.1 Å². The zero-order valence-electron chi connectivity index (χ0n) is 47.4. The second kappa shape index (κ2) is 28.3. The van der Waals surface area contributed by atoms with Crippen molar-refractivity contribution in [3.8, 4) is 11.3 Å². The Kier molecular flexibility index (Phi) is 21.3. The summed E-state index contributed by atoms with van der Waals surface area (Å²) < 4.78 is 36.8. The second-order valence-electron chi connectivity index (χ2n) is 22.6. The molecule has 424 valence electrons. The van der Waals surface area contributed by atoms with E-state index in [2.05, 4.69) is 20.9 Å². The number of methoxy groups -OCH3 is 1. The SMILES string of the molecule is COC(=O)N[C@H](C(=O)N[C@H](CC[C@@H](Cc1ccccc1)NC(=O)[C@@H](N1CCN(Cc2cccc(CC(C)OP(=O)(OCc3ccccc3)OCc3ccccc3)n2)C1=O)C(C)(C)C)Cc1ccc(-c2ccccn2)cc1)C(C)(C)C. The molecule has 1 saturated heterocycles. The summed E-state index contributed by atoms with van der Waals surface area (Å²) in [7, 11) is -2.79. The first kappa shape index (κ1) is 60.4. The molecule has 80 heavy (non-hydrogen) atoms. The van der Waals surface area contributed by atoms with Crippen LogP contribution in [0.15, 0.2) is 158 Å². The summed E-state index contributed by atoms with van der Waals surface area (Å²) in [4.78, 5) is 68.9. The van der Waals surface area contributed by atoms with Crippen LogP contribution in [0.25, 0.3) is 11.3 Å². The van der Waals surface area contributed by atoms with Gasteiger partial charge >= 0.3 is 19.9 Å². The van der Waals surface area contributed by atoms with Gasteiger partial charge in [0.15, 0.2) is 0 Å². The molecule has 1 unspecified atom stereocenters. The quantitative estimate of drug-likeness (QED) is 0.0438. The van der Waals surface area contributed by atoms with Gasteiger partial charge in [-0.3, -0.25) is 33.1 Å². The number of phosphoric ester groups is 1. The molecule has 17 heteroatoms. The van der Waals surface area contributed by atoms with E-state index in [0.29, 0.717) is 50.2 Å². The number of amides is 5. The zero-order valence-corrected chi connectivity index (χ0v) is 48.3. The number of urea groups is 1. The number of pyridine rings is 2. The first-order chi connectivity index (χ1) is 38.2. The van der Waals surface area contributed by atoms with Crippen LogP contribution in [0.2, 0.25) is 0 Å². The number of alkyl carbamates (subject to hydrolysis) is 1. The second-order valence-corrected chi connectivity index (χ2v) is 24.2. The van der Waals surface area contributed by atoms with Gasteiger partial charge in [-0.15, -0.1) is 0 Å². The van der Waals surface area contributed by atoms with Gasteiger partial charge in [0, 0.05) is 49.0 Å². The Morgan fingerprint density at radius 3 is 1.69 bits per heavy atom. The molecule has 5 atom stereocenters. The highest BCUT2D eigenvalue weighted by molar-refractivity contribution is 7.48. The number of hydrogen-bond donors (Lipinski definition) is 3. The van der Waals surface area contributed by atoms with Crippen molar-refractivity contribution >= 4 is 31.8 Å². The lowest BCUT2D eigenvalue weighted by molar-refractivity contribution is -0.129. The summed E-state index contributed by atoms with van der Waals surface area (Å²) in [5, 5.41) is 9.37. The van der Waals surface area contributed by atoms with Gasteiger partial charge in [-0.2, -0.15) is 0 Å². The number of ether oxygens (including phenoxy) is 1. The van der Waals surface area contributed by atoms with Crippen molar-refractivity contribution in [3.05, 3.63) is 191 Å². The number of benzene rings is 4. The average Bonchev–Trinajstić information content (AvgIpc) is 3.80. The monoisotopic (exact) mass is 1110 g/mol. The van der Waals surface area contributed by atoms with E-state index >= 15 is 0 Å². The molecule has 3 heterocycles. The largest absolute Gasteiger partial charge is 0.475 e. The van der Waals surface area contributed by atoms with Gasteiger partial charge in [-0.25, -0.2) is 14.2 Å². The maximum Gasteiger partial charge on any atom is 0.475 e. The molecule has 2 aromatic heterocycles. The number of carbonyl (C=O) groups excluding carboxylic acids is 4. The molecule has 6 aromatic rings. The third-order valence-electron chi connectivity index (χ3n) is 13.8. The van der Waals surface area contributed by atoms with Crippen LogP contribution in [0.4, 0.5) is 9.59 Å². The Morgan fingerprint density at radius 1 is 0.613 bits per heavy atom. The van der Waals surface area contributed by atoms with Crippen LogP contribution < -0.4 is 16.0 Å². The van der Waals surface area contributed by atoms with E-state index in [1.807, 2.05) is 193 Å². The molecule has 0 radical (unpaired) electrons. The number of nitrogens with zero attached hydrogens (tertiary/aromatic N) is 4. The Bertz CT molecular complexity index is 2930. The van der Waals surface area contributed by atoms with Crippen molar-refractivity contribution in [3.63, 3.8) is 0 Å². The van der Waals surface area contributed by atoms with E-state index in [0.717, 1.165) is 33.5 Å². The van der Waals surface area contributed by atoms with Crippen LogP contribution in [0.3, 0.4) is 0 Å². The predicted octanol–water partition coefficient (Wildman–Crippen LogP) is 11.3. The molecule has 0 spiro atoms. The molecule has 1 fully saturated rings. The number of carbonyl (C=O) groups is 4. The maximum atomic E-state index is 14.9. The van der Waals surface area contributed by atoms with Crippen molar-refractivity contribution in [2.24, 2.45) is 10.8 Å². The topological polar surface area (TPSA) is 191 Å². The van der Waals surface area contributed by atoms with Crippen LogP contribution in [0, 0.1) is 10.8 Å². The van der Waals surface area contributed by atoms with Gasteiger partial charge < -0.3 is 30.5 Å². The molecule has 3 N–H and O–H groups in total. The van der Waals surface area contributed by atoms with E-state index in [9.17, 15) is 23.7 Å². The third kappa shape index (κ3) is 18.2. The van der Waals surface area contributed by atoms with Crippen LogP contribution in [0.5, 0.6) is 0 Å². The summed E-state index contributed by atoms with van der Waals surface area (Å²) in [5.74, 6) is -0.629. The molecule has 5 amide bonds. The van der Waals surface area contributed by atoms with Crippen molar-refractivity contribution in [1.82, 2.24) is 35.7 Å². The summed E-state index contributed by atoms with van der Waals surface area (Å²) in [6, 6.07) is 45.4. The van der Waals surface area contributed by atoms with Crippen molar-refractivity contribution in [2.45, 2.75) is 131 Å². The minimum atomic E-state index is -4.05. The van der Waals surface area contributed by atoms with Gasteiger partial charge in [-0.1, -0.05) is 169 Å².